The summed E-state index contributed by atoms with van der Waals surface area (Å²) < 4.78 is 0. The lowest BCUT2D eigenvalue weighted by Gasteiger charge is -2.13. The molecule has 0 fully saturated rings. The summed E-state index contributed by atoms with van der Waals surface area (Å²) in [7, 11) is 0. The molecule has 5 heteroatoms. The number of aromatic carboxylic acids is 1. The molecule has 0 aliphatic rings. The van der Waals surface area contributed by atoms with Crippen molar-refractivity contribution in [1.82, 2.24) is 4.98 Å². The molecule has 0 N–H and O–H groups in total. The van der Waals surface area contributed by atoms with Gasteiger partial charge in [-0.2, -0.15) is 0 Å². The number of carboxylic acid groups (broad SMARTS) is 1. The van der Waals surface area contributed by atoms with Crippen molar-refractivity contribution >= 4 is 40.1 Å². The third-order valence-corrected chi connectivity index (χ3v) is 4.03. The van der Waals surface area contributed by atoms with Crippen LogP contribution in [0.25, 0.3) is 22.2 Å². The van der Waals surface area contributed by atoms with Gasteiger partial charge >= 0.3 is 0 Å². The standard InChI is InChI=1S/C17H11Cl2NO2/c1-9-5-6-14-10(7-9)11(17(21)22)8-15(20-14)16-12(18)3-2-4-13(16)19/h2-8H,1H3,(H,21,22)/p-1. The maximum atomic E-state index is 11.5. The summed E-state index contributed by atoms with van der Waals surface area (Å²) in [5.41, 5.74) is 2.49. The Morgan fingerprint density at radius 3 is 2.41 bits per heavy atom. The Labute approximate surface area is 137 Å². The fraction of sp³-hybridized carbons (Fsp3) is 0.0588. The highest BCUT2D eigenvalue weighted by Crippen LogP contribution is 2.35. The van der Waals surface area contributed by atoms with Gasteiger partial charge in [0.25, 0.3) is 0 Å². The molecule has 3 rings (SSSR count). The first-order valence-corrected chi connectivity index (χ1v) is 7.30. The van der Waals surface area contributed by atoms with E-state index in [0.717, 1.165) is 5.56 Å². The van der Waals surface area contributed by atoms with Crippen LogP contribution in [0.3, 0.4) is 0 Å². The molecule has 0 aliphatic heterocycles. The number of carbonyl (C=O) groups excluding carboxylic acids is 1. The number of aromatic nitrogens is 1. The molecule has 0 saturated carbocycles. The van der Waals surface area contributed by atoms with Gasteiger partial charge in [0.2, 0.25) is 0 Å². The second kappa shape index (κ2) is 5.59. The molecule has 1 aromatic heterocycles. The molecule has 22 heavy (non-hydrogen) atoms. The normalized spacial score (nSPS) is 10.9. The van der Waals surface area contributed by atoms with E-state index >= 15 is 0 Å². The first-order valence-electron chi connectivity index (χ1n) is 6.54. The van der Waals surface area contributed by atoms with Crippen LogP contribution in [-0.4, -0.2) is 11.0 Å². The monoisotopic (exact) mass is 330 g/mol. The van der Waals surface area contributed by atoms with Crippen molar-refractivity contribution < 1.29 is 9.90 Å². The van der Waals surface area contributed by atoms with E-state index < -0.39 is 5.97 Å². The number of hydrogen-bond acceptors (Lipinski definition) is 3. The largest absolute Gasteiger partial charge is 0.545 e. The Hall–Kier alpha value is -2.10. The highest BCUT2D eigenvalue weighted by Gasteiger charge is 2.13. The molecule has 110 valence electrons. The zero-order chi connectivity index (χ0) is 15.9. The summed E-state index contributed by atoms with van der Waals surface area (Å²) in [5, 5.41) is 12.8. The van der Waals surface area contributed by atoms with Crippen LogP contribution < -0.4 is 5.11 Å². The van der Waals surface area contributed by atoms with Crippen molar-refractivity contribution in [3.8, 4) is 11.3 Å². The Morgan fingerprint density at radius 1 is 1.09 bits per heavy atom. The fourth-order valence-electron chi connectivity index (χ4n) is 2.38. The number of carbonyl (C=O) groups is 1. The molecule has 0 radical (unpaired) electrons. The third-order valence-electron chi connectivity index (χ3n) is 3.40. The topological polar surface area (TPSA) is 53.0 Å². The molecule has 0 unspecified atom stereocenters. The number of fused-ring (bicyclic) bond motifs is 1. The number of nitrogens with zero attached hydrogens (tertiary/aromatic N) is 1. The molecule has 0 bridgehead atoms. The summed E-state index contributed by atoms with van der Waals surface area (Å²) in [6.07, 6.45) is 0. The van der Waals surface area contributed by atoms with Crippen molar-refractivity contribution in [3.63, 3.8) is 0 Å². The van der Waals surface area contributed by atoms with E-state index in [1.807, 2.05) is 13.0 Å². The van der Waals surface area contributed by atoms with Crippen molar-refractivity contribution in [3.05, 3.63) is 63.6 Å². The second-order valence-corrected chi connectivity index (χ2v) is 5.77. The van der Waals surface area contributed by atoms with E-state index in [2.05, 4.69) is 4.98 Å². The van der Waals surface area contributed by atoms with Crippen molar-refractivity contribution in [2.45, 2.75) is 6.92 Å². The molecule has 0 atom stereocenters. The molecule has 0 saturated heterocycles. The van der Waals surface area contributed by atoms with Crippen LogP contribution in [0.2, 0.25) is 10.0 Å². The van der Waals surface area contributed by atoms with Crippen molar-refractivity contribution in [2.24, 2.45) is 0 Å². The minimum Gasteiger partial charge on any atom is -0.545 e. The van der Waals surface area contributed by atoms with Gasteiger partial charge in [0.1, 0.15) is 0 Å². The third kappa shape index (κ3) is 2.54. The molecule has 0 aliphatic carbocycles. The van der Waals surface area contributed by atoms with Gasteiger partial charge in [-0.05, 0) is 37.3 Å². The minimum atomic E-state index is -1.26. The molecular formula is C17H10Cl2NO2-. The summed E-state index contributed by atoms with van der Waals surface area (Å²) in [4.78, 5) is 16.0. The molecule has 3 aromatic rings. The predicted octanol–water partition coefficient (Wildman–Crippen LogP) is 3.88. The summed E-state index contributed by atoms with van der Waals surface area (Å²) >= 11 is 12.4. The fourth-order valence-corrected chi connectivity index (χ4v) is 2.97. The maximum Gasteiger partial charge on any atom is 0.0746 e. The second-order valence-electron chi connectivity index (χ2n) is 4.96. The van der Waals surface area contributed by atoms with Gasteiger partial charge in [0.15, 0.2) is 0 Å². The van der Waals surface area contributed by atoms with Crippen LogP contribution in [-0.2, 0) is 0 Å². The van der Waals surface area contributed by atoms with Gasteiger partial charge in [-0.15, -0.1) is 0 Å². The van der Waals surface area contributed by atoms with Gasteiger partial charge in [0, 0.05) is 16.5 Å². The van der Waals surface area contributed by atoms with Gasteiger partial charge in [-0.25, -0.2) is 4.98 Å². The Bertz CT molecular complexity index is 886. The van der Waals surface area contributed by atoms with Gasteiger partial charge in [0.05, 0.1) is 27.2 Å². The molecule has 3 nitrogen and oxygen atoms in total. The number of rotatable bonds is 2. The smallest absolute Gasteiger partial charge is 0.0746 e. The summed E-state index contributed by atoms with van der Waals surface area (Å²) in [5.74, 6) is -1.26. The average molecular weight is 331 g/mol. The van der Waals surface area contributed by atoms with Crippen LogP contribution in [0.5, 0.6) is 0 Å². The van der Waals surface area contributed by atoms with Gasteiger partial charge < -0.3 is 9.90 Å². The number of pyridine rings is 1. The Balaban J connectivity index is 2.37. The van der Waals surface area contributed by atoms with E-state index in [9.17, 15) is 9.90 Å². The number of hydrogen-bond donors (Lipinski definition) is 0. The molecule has 0 spiro atoms. The van der Waals surface area contributed by atoms with E-state index in [1.54, 1.807) is 30.3 Å². The van der Waals surface area contributed by atoms with Crippen LogP contribution in [0, 0.1) is 6.92 Å². The van der Waals surface area contributed by atoms with E-state index in [-0.39, 0.29) is 5.56 Å². The minimum absolute atomic E-state index is 0.0692. The number of carboxylic acids is 1. The molecular weight excluding hydrogens is 321 g/mol. The number of benzene rings is 2. The lowest BCUT2D eigenvalue weighted by Crippen LogP contribution is -2.22. The first kappa shape index (κ1) is 14.8. The summed E-state index contributed by atoms with van der Waals surface area (Å²) in [6, 6.07) is 11.9. The average Bonchev–Trinajstić information content (AvgIpc) is 2.46. The van der Waals surface area contributed by atoms with E-state index in [4.69, 9.17) is 23.2 Å². The highest BCUT2D eigenvalue weighted by molar-refractivity contribution is 6.39. The lowest BCUT2D eigenvalue weighted by atomic mass is 10.0. The Kier molecular flexibility index (Phi) is 3.77. The number of aryl methyl sites for hydroxylation is 1. The van der Waals surface area contributed by atoms with Crippen molar-refractivity contribution in [2.75, 3.05) is 0 Å². The van der Waals surface area contributed by atoms with E-state index in [0.29, 0.717) is 32.2 Å². The quantitative estimate of drug-likeness (QED) is 0.716. The highest BCUT2D eigenvalue weighted by atomic mass is 35.5. The van der Waals surface area contributed by atoms with E-state index in [1.165, 1.54) is 6.07 Å². The van der Waals surface area contributed by atoms with Gasteiger partial charge in [-0.1, -0.05) is 40.9 Å². The van der Waals surface area contributed by atoms with Crippen LogP contribution in [0.1, 0.15) is 15.9 Å². The maximum absolute atomic E-state index is 11.5. The van der Waals surface area contributed by atoms with Gasteiger partial charge in [-0.3, -0.25) is 0 Å². The lowest BCUT2D eigenvalue weighted by molar-refractivity contribution is -0.254. The van der Waals surface area contributed by atoms with Crippen LogP contribution >= 0.6 is 23.2 Å². The number of halogens is 2. The predicted molar refractivity (Wildman–Crippen MR) is 86.3 cm³/mol. The zero-order valence-corrected chi connectivity index (χ0v) is 13.1. The Morgan fingerprint density at radius 2 is 1.77 bits per heavy atom. The molecule has 1 heterocycles. The van der Waals surface area contributed by atoms with Crippen LogP contribution in [0.4, 0.5) is 0 Å². The first-order chi connectivity index (χ1) is 10.5. The van der Waals surface area contributed by atoms with Crippen molar-refractivity contribution in [1.29, 1.82) is 0 Å². The zero-order valence-electron chi connectivity index (χ0n) is 11.6. The van der Waals surface area contributed by atoms with Crippen LogP contribution in [0.15, 0.2) is 42.5 Å². The molecule has 0 amide bonds. The summed E-state index contributed by atoms with van der Waals surface area (Å²) in [6.45, 7) is 1.89. The molecule has 2 aromatic carbocycles. The SMILES string of the molecule is Cc1ccc2nc(-c3c(Cl)cccc3Cl)cc(C(=O)[O-])c2c1.